The van der Waals surface area contributed by atoms with Gasteiger partial charge in [-0.05, 0) is 48.7 Å². The van der Waals surface area contributed by atoms with Crippen LogP contribution < -0.4 is 4.74 Å². The average molecular weight is 400 g/mol. The van der Waals surface area contributed by atoms with Gasteiger partial charge in [0.15, 0.2) is 0 Å². The molecule has 6 nitrogen and oxygen atoms in total. The topological polar surface area (TPSA) is 63.1 Å². The Balaban J connectivity index is 1.64. The molecule has 1 atom stereocenters. The predicted molar refractivity (Wildman–Crippen MR) is 116 cm³/mol. The Morgan fingerprint density at radius 3 is 2.70 bits per heavy atom. The average Bonchev–Trinajstić information content (AvgIpc) is 3.36. The number of carbonyl (C=O) groups excluding carboxylic acids is 1. The van der Waals surface area contributed by atoms with Gasteiger partial charge in [0.1, 0.15) is 11.4 Å². The van der Waals surface area contributed by atoms with E-state index in [-0.39, 0.29) is 11.9 Å². The Hall–Kier alpha value is -3.54. The monoisotopic (exact) mass is 400 g/mol. The lowest BCUT2D eigenvalue weighted by Gasteiger charge is -2.36. The molecule has 0 radical (unpaired) electrons. The molecule has 0 bridgehead atoms. The highest BCUT2D eigenvalue weighted by Gasteiger charge is 2.35. The molecule has 0 aliphatic carbocycles. The van der Waals surface area contributed by atoms with Crippen LogP contribution in [0.5, 0.6) is 5.75 Å². The molecule has 5 rings (SSSR count). The van der Waals surface area contributed by atoms with E-state index in [0.29, 0.717) is 18.8 Å². The maximum atomic E-state index is 13.5. The van der Waals surface area contributed by atoms with Crippen molar-refractivity contribution >= 4 is 16.8 Å². The minimum atomic E-state index is -0.195. The number of carbonyl (C=O) groups is 1. The summed E-state index contributed by atoms with van der Waals surface area (Å²) in [6, 6.07) is 18.0. The van der Waals surface area contributed by atoms with Gasteiger partial charge in [-0.2, -0.15) is 5.10 Å². The van der Waals surface area contributed by atoms with E-state index >= 15 is 0 Å². The number of para-hydroxylation sites is 1. The molecule has 1 unspecified atom stereocenters. The first-order valence-electron chi connectivity index (χ1n) is 10.3. The summed E-state index contributed by atoms with van der Waals surface area (Å²) >= 11 is 0. The van der Waals surface area contributed by atoms with Crippen molar-refractivity contribution in [2.24, 2.45) is 7.05 Å². The molecule has 4 aromatic rings. The van der Waals surface area contributed by atoms with Gasteiger partial charge in [0, 0.05) is 36.4 Å². The van der Waals surface area contributed by atoms with Crippen LogP contribution in [0.4, 0.5) is 0 Å². The lowest BCUT2D eigenvalue weighted by atomic mass is 9.92. The van der Waals surface area contributed by atoms with E-state index in [1.807, 2.05) is 30.0 Å². The molecule has 0 saturated carbocycles. The summed E-state index contributed by atoms with van der Waals surface area (Å²) in [6.07, 6.45) is 2.48. The third-order valence-corrected chi connectivity index (χ3v) is 5.84. The summed E-state index contributed by atoms with van der Waals surface area (Å²) in [5.41, 5.74) is 5.13. The minimum Gasteiger partial charge on any atom is -0.494 e. The fourth-order valence-electron chi connectivity index (χ4n) is 4.45. The van der Waals surface area contributed by atoms with Crippen LogP contribution in [0.3, 0.4) is 0 Å². The van der Waals surface area contributed by atoms with Gasteiger partial charge in [-0.3, -0.25) is 9.48 Å². The fraction of sp³-hybridized carbons (Fsp3) is 0.250. The number of H-pyrrole nitrogens is 1. The second kappa shape index (κ2) is 7.37. The van der Waals surface area contributed by atoms with E-state index in [4.69, 9.17) is 4.74 Å². The first-order valence-corrected chi connectivity index (χ1v) is 10.3. The largest absolute Gasteiger partial charge is 0.494 e. The quantitative estimate of drug-likeness (QED) is 0.561. The van der Waals surface area contributed by atoms with Gasteiger partial charge < -0.3 is 14.6 Å². The van der Waals surface area contributed by atoms with Crippen LogP contribution in [0.15, 0.2) is 60.8 Å². The van der Waals surface area contributed by atoms with Crippen LogP contribution in [0.1, 0.15) is 40.3 Å². The Morgan fingerprint density at radius 1 is 1.17 bits per heavy atom. The highest BCUT2D eigenvalue weighted by molar-refractivity contribution is 5.94. The van der Waals surface area contributed by atoms with Gasteiger partial charge in [-0.15, -0.1) is 0 Å². The zero-order chi connectivity index (χ0) is 20.7. The zero-order valence-corrected chi connectivity index (χ0v) is 17.1. The number of rotatable bonds is 4. The lowest BCUT2D eigenvalue weighted by Crippen LogP contribution is -2.41. The molecular formula is C24H24N4O2. The van der Waals surface area contributed by atoms with E-state index in [1.54, 1.807) is 24.0 Å². The van der Waals surface area contributed by atoms with Crippen molar-refractivity contribution < 1.29 is 9.53 Å². The number of nitrogens with zero attached hydrogens (tertiary/aromatic N) is 3. The van der Waals surface area contributed by atoms with E-state index in [0.717, 1.165) is 28.9 Å². The van der Waals surface area contributed by atoms with Crippen LogP contribution in [0, 0.1) is 0 Å². The summed E-state index contributed by atoms with van der Waals surface area (Å²) in [5.74, 6) is 0.816. The molecule has 0 spiro atoms. The van der Waals surface area contributed by atoms with E-state index in [9.17, 15) is 4.79 Å². The van der Waals surface area contributed by atoms with Crippen LogP contribution in [-0.2, 0) is 13.5 Å². The maximum absolute atomic E-state index is 13.5. The smallest absolute Gasteiger partial charge is 0.272 e. The molecule has 152 valence electrons. The number of benzene rings is 2. The fourth-order valence-corrected chi connectivity index (χ4v) is 4.45. The van der Waals surface area contributed by atoms with Crippen molar-refractivity contribution in [2.45, 2.75) is 19.4 Å². The molecule has 30 heavy (non-hydrogen) atoms. The summed E-state index contributed by atoms with van der Waals surface area (Å²) < 4.78 is 7.25. The lowest BCUT2D eigenvalue weighted by molar-refractivity contribution is 0.0680. The van der Waals surface area contributed by atoms with Crippen LogP contribution in [0.25, 0.3) is 10.9 Å². The third-order valence-electron chi connectivity index (χ3n) is 5.84. The predicted octanol–water partition coefficient (Wildman–Crippen LogP) is 4.09. The van der Waals surface area contributed by atoms with E-state index in [1.165, 1.54) is 10.9 Å². The SMILES string of the molecule is CCOc1ccc(C2c3[nH]c4ccccc4c3CCN2C(=O)c2ccnn2C)cc1. The van der Waals surface area contributed by atoms with Crippen molar-refractivity contribution in [3.8, 4) is 5.75 Å². The number of aromatic nitrogens is 3. The number of ether oxygens (including phenoxy) is 1. The molecule has 1 aliphatic heterocycles. The zero-order valence-electron chi connectivity index (χ0n) is 17.1. The van der Waals surface area contributed by atoms with Crippen molar-refractivity contribution in [3.05, 3.63) is 83.3 Å². The van der Waals surface area contributed by atoms with Crippen LogP contribution in [0.2, 0.25) is 0 Å². The molecular weight excluding hydrogens is 376 g/mol. The summed E-state index contributed by atoms with van der Waals surface area (Å²) in [6.45, 7) is 3.25. The van der Waals surface area contributed by atoms with Gasteiger partial charge in [-0.1, -0.05) is 30.3 Å². The van der Waals surface area contributed by atoms with E-state index < -0.39 is 0 Å². The number of fused-ring (bicyclic) bond motifs is 3. The molecule has 3 heterocycles. The van der Waals surface area contributed by atoms with Gasteiger partial charge >= 0.3 is 0 Å². The van der Waals surface area contributed by atoms with Crippen LogP contribution >= 0.6 is 0 Å². The second-order valence-corrected chi connectivity index (χ2v) is 7.56. The van der Waals surface area contributed by atoms with Gasteiger partial charge in [0.2, 0.25) is 0 Å². The highest BCUT2D eigenvalue weighted by Crippen LogP contribution is 2.39. The van der Waals surface area contributed by atoms with E-state index in [2.05, 4.69) is 40.4 Å². The minimum absolute atomic E-state index is 0.0156. The maximum Gasteiger partial charge on any atom is 0.272 e. The Bertz CT molecular complexity index is 1210. The molecule has 1 amide bonds. The van der Waals surface area contributed by atoms with Crippen molar-refractivity contribution in [1.29, 1.82) is 0 Å². The second-order valence-electron chi connectivity index (χ2n) is 7.56. The summed E-state index contributed by atoms with van der Waals surface area (Å²) in [5, 5.41) is 5.42. The normalized spacial score (nSPS) is 15.9. The number of hydrogen-bond donors (Lipinski definition) is 1. The molecule has 2 aromatic carbocycles. The number of nitrogens with one attached hydrogen (secondary N) is 1. The van der Waals surface area contributed by atoms with Crippen LogP contribution in [-0.4, -0.2) is 38.7 Å². The standard InChI is InChI=1S/C24H24N4O2/c1-3-30-17-10-8-16(9-11-17)23-22-19(18-6-4-5-7-20(18)26-22)13-15-28(23)24(29)21-12-14-25-27(21)2/h4-12,14,23,26H,3,13,15H2,1-2H3. The summed E-state index contributed by atoms with van der Waals surface area (Å²) in [4.78, 5) is 19.0. The molecule has 1 N–H and O–H groups in total. The first-order chi connectivity index (χ1) is 14.7. The Kier molecular flexibility index (Phi) is 4.54. The third kappa shape index (κ3) is 2.96. The van der Waals surface area contributed by atoms with Gasteiger partial charge in [0.05, 0.1) is 12.6 Å². The molecule has 1 aliphatic rings. The molecule has 6 heteroatoms. The number of amides is 1. The van der Waals surface area contributed by atoms with Gasteiger partial charge in [0.25, 0.3) is 5.91 Å². The van der Waals surface area contributed by atoms with Crippen molar-refractivity contribution in [2.75, 3.05) is 13.2 Å². The molecule has 0 saturated heterocycles. The van der Waals surface area contributed by atoms with Crippen molar-refractivity contribution in [3.63, 3.8) is 0 Å². The number of hydrogen-bond acceptors (Lipinski definition) is 3. The van der Waals surface area contributed by atoms with Gasteiger partial charge in [-0.25, -0.2) is 0 Å². The Labute approximate surface area is 175 Å². The highest BCUT2D eigenvalue weighted by atomic mass is 16.5. The number of aryl methyl sites for hydroxylation is 1. The first kappa shape index (κ1) is 18.5. The Morgan fingerprint density at radius 2 is 1.97 bits per heavy atom. The summed E-state index contributed by atoms with van der Waals surface area (Å²) in [7, 11) is 1.80. The molecule has 0 fully saturated rings. The van der Waals surface area contributed by atoms with Crippen molar-refractivity contribution in [1.82, 2.24) is 19.7 Å². The molecule has 2 aromatic heterocycles. The number of aromatic amines is 1.